The predicted octanol–water partition coefficient (Wildman–Crippen LogP) is 1.92. The van der Waals surface area contributed by atoms with Crippen molar-refractivity contribution in [3.05, 3.63) is 10.7 Å². The Morgan fingerprint density at radius 2 is 1.87 bits per heavy atom. The molecule has 0 saturated carbocycles. The van der Waals surface area contributed by atoms with Gasteiger partial charge in [0.05, 0.1) is 7.11 Å². The standard InChI is InChI=1S/C9H14BrNO4/c1-9(2,3)15-8(13)11-6(5-10)7(12)14-4/h5H,1-4H3,(H,11,13)/b6-5-. The number of carbonyl (C=O) groups excluding carboxylic acids is 2. The van der Waals surface area contributed by atoms with Gasteiger partial charge in [-0.25, -0.2) is 9.59 Å². The largest absolute Gasteiger partial charge is 0.464 e. The second-order valence-corrected chi connectivity index (χ2v) is 4.10. The van der Waals surface area contributed by atoms with Crippen molar-refractivity contribution < 1.29 is 19.1 Å². The number of hydrogen-bond acceptors (Lipinski definition) is 4. The lowest BCUT2D eigenvalue weighted by molar-refractivity contribution is -0.136. The van der Waals surface area contributed by atoms with Crippen LogP contribution in [-0.2, 0) is 14.3 Å². The minimum absolute atomic E-state index is 0.0215. The molecule has 0 spiro atoms. The SMILES string of the molecule is COC(=O)/C(=C/Br)NC(=O)OC(C)(C)C. The molecule has 0 rings (SSSR count). The molecule has 0 heterocycles. The van der Waals surface area contributed by atoms with Gasteiger partial charge in [0.15, 0.2) is 0 Å². The first kappa shape index (κ1) is 14.0. The topological polar surface area (TPSA) is 64.6 Å². The molecule has 0 aliphatic heterocycles. The third-order valence-corrected chi connectivity index (χ3v) is 1.61. The number of alkyl carbamates (subject to hydrolysis) is 1. The first-order chi connectivity index (χ1) is 6.80. The van der Waals surface area contributed by atoms with E-state index in [-0.39, 0.29) is 5.70 Å². The monoisotopic (exact) mass is 279 g/mol. The zero-order valence-corrected chi connectivity index (χ0v) is 10.7. The summed E-state index contributed by atoms with van der Waals surface area (Å²) in [5.41, 5.74) is -0.635. The van der Waals surface area contributed by atoms with Crippen LogP contribution < -0.4 is 5.32 Å². The Kier molecular flexibility index (Phi) is 5.35. The van der Waals surface area contributed by atoms with Crippen LogP contribution in [0.1, 0.15) is 20.8 Å². The van der Waals surface area contributed by atoms with Gasteiger partial charge in [0.2, 0.25) is 0 Å². The number of halogens is 1. The van der Waals surface area contributed by atoms with Gasteiger partial charge in [-0.2, -0.15) is 0 Å². The highest BCUT2D eigenvalue weighted by Gasteiger charge is 2.19. The molecule has 0 unspecified atom stereocenters. The Morgan fingerprint density at radius 1 is 1.33 bits per heavy atom. The van der Waals surface area contributed by atoms with Crippen LogP contribution in [0.4, 0.5) is 4.79 Å². The zero-order chi connectivity index (χ0) is 12.1. The Bertz CT molecular complexity index is 280. The van der Waals surface area contributed by atoms with Crippen molar-refractivity contribution >= 4 is 28.0 Å². The number of rotatable bonds is 2. The molecule has 0 aromatic heterocycles. The van der Waals surface area contributed by atoms with Gasteiger partial charge in [-0.05, 0) is 20.8 Å². The maximum atomic E-state index is 11.2. The summed E-state index contributed by atoms with van der Waals surface area (Å²) in [5, 5.41) is 2.25. The Hall–Kier alpha value is -1.04. The normalized spacial score (nSPS) is 11.9. The first-order valence-corrected chi connectivity index (χ1v) is 5.10. The molecule has 0 saturated heterocycles. The van der Waals surface area contributed by atoms with Gasteiger partial charge in [0, 0.05) is 4.99 Å². The van der Waals surface area contributed by atoms with E-state index < -0.39 is 17.7 Å². The quantitative estimate of drug-likeness (QED) is 0.620. The van der Waals surface area contributed by atoms with Crippen molar-refractivity contribution in [2.45, 2.75) is 26.4 Å². The molecule has 0 aliphatic rings. The molecule has 6 heteroatoms. The van der Waals surface area contributed by atoms with Crippen LogP contribution >= 0.6 is 15.9 Å². The number of hydrogen-bond donors (Lipinski definition) is 1. The fourth-order valence-electron chi connectivity index (χ4n) is 0.646. The van der Waals surface area contributed by atoms with Crippen molar-refractivity contribution in [2.24, 2.45) is 0 Å². The maximum Gasteiger partial charge on any atom is 0.412 e. The highest BCUT2D eigenvalue weighted by Crippen LogP contribution is 2.07. The summed E-state index contributed by atoms with van der Waals surface area (Å²) in [6.07, 6.45) is -0.710. The van der Waals surface area contributed by atoms with Crippen molar-refractivity contribution in [3.63, 3.8) is 0 Å². The van der Waals surface area contributed by atoms with Crippen LogP contribution in [-0.4, -0.2) is 24.8 Å². The van der Waals surface area contributed by atoms with Gasteiger partial charge in [0.25, 0.3) is 0 Å². The highest BCUT2D eigenvalue weighted by molar-refractivity contribution is 9.11. The van der Waals surface area contributed by atoms with E-state index in [1.54, 1.807) is 20.8 Å². The molecule has 5 nitrogen and oxygen atoms in total. The summed E-state index contributed by atoms with van der Waals surface area (Å²) in [6.45, 7) is 5.17. The van der Waals surface area contributed by atoms with Gasteiger partial charge < -0.3 is 9.47 Å². The Balaban J connectivity index is 4.34. The van der Waals surface area contributed by atoms with Gasteiger partial charge >= 0.3 is 12.1 Å². The Labute approximate surface area is 96.9 Å². The number of carbonyl (C=O) groups is 2. The van der Waals surface area contributed by atoms with Gasteiger partial charge in [-0.1, -0.05) is 15.9 Å². The molecule has 0 aliphatic carbocycles. The van der Waals surface area contributed by atoms with Gasteiger partial charge in [-0.15, -0.1) is 0 Å². The van der Waals surface area contributed by atoms with Crippen LogP contribution in [0.3, 0.4) is 0 Å². The van der Waals surface area contributed by atoms with E-state index in [9.17, 15) is 9.59 Å². The second kappa shape index (κ2) is 5.75. The number of amides is 1. The molecule has 0 aromatic carbocycles. The molecule has 1 amide bonds. The maximum absolute atomic E-state index is 11.2. The fourth-order valence-corrected chi connectivity index (χ4v) is 0.948. The van der Waals surface area contributed by atoms with E-state index in [4.69, 9.17) is 4.74 Å². The molecule has 86 valence electrons. The van der Waals surface area contributed by atoms with E-state index in [2.05, 4.69) is 26.0 Å². The Morgan fingerprint density at radius 3 is 2.20 bits per heavy atom. The predicted molar refractivity (Wildman–Crippen MR) is 58.4 cm³/mol. The van der Waals surface area contributed by atoms with Gasteiger partial charge in [0.1, 0.15) is 11.3 Å². The third kappa shape index (κ3) is 6.11. The van der Waals surface area contributed by atoms with Crippen LogP contribution in [0, 0.1) is 0 Å². The van der Waals surface area contributed by atoms with E-state index in [0.29, 0.717) is 0 Å². The number of ether oxygens (including phenoxy) is 2. The van der Waals surface area contributed by atoms with E-state index >= 15 is 0 Å². The summed E-state index contributed by atoms with van der Waals surface area (Å²) in [4.78, 5) is 23.6. The lowest BCUT2D eigenvalue weighted by atomic mass is 10.2. The van der Waals surface area contributed by atoms with Crippen molar-refractivity contribution in [1.29, 1.82) is 0 Å². The zero-order valence-electron chi connectivity index (χ0n) is 9.09. The third-order valence-electron chi connectivity index (χ3n) is 1.15. The number of nitrogens with one attached hydrogen (secondary N) is 1. The summed E-state index contributed by atoms with van der Waals surface area (Å²) in [6, 6.07) is 0. The van der Waals surface area contributed by atoms with E-state index in [1.165, 1.54) is 12.1 Å². The molecule has 15 heavy (non-hydrogen) atoms. The first-order valence-electron chi connectivity index (χ1n) is 4.19. The lowest BCUT2D eigenvalue weighted by Crippen LogP contribution is -2.34. The summed E-state index contributed by atoms with van der Waals surface area (Å²) in [5.74, 6) is -0.655. The van der Waals surface area contributed by atoms with Crippen LogP contribution in [0.25, 0.3) is 0 Å². The van der Waals surface area contributed by atoms with Gasteiger partial charge in [-0.3, -0.25) is 5.32 Å². The lowest BCUT2D eigenvalue weighted by Gasteiger charge is -2.19. The summed E-state index contributed by atoms with van der Waals surface area (Å²) >= 11 is 2.93. The minimum Gasteiger partial charge on any atom is -0.464 e. The fraction of sp³-hybridized carbons (Fsp3) is 0.556. The average molecular weight is 280 g/mol. The molecule has 0 atom stereocenters. The van der Waals surface area contributed by atoms with Crippen molar-refractivity contribution in [2.75, 3.05) is 7.11 Å². The second-order valence-electron chi connectivity index (χ2n) is 3.64. The van der Waals surface area contributed by atoms with Crippen molar-refractivity contribution in [3.8, 4) is 0 Å². The molecular weight excluding hydrogens is 266 g/mol. The molecular formula is C9H14BrNO4. The smallest absolute Gasteiger partial charge is 0.412 e. The van der Waals surface area contributed by atoms with Crippen LogP contribution in [0.5, 0.6) is 0 Å². The molecule has 0 aromatic rings. The van der Waals surface area contributed by atoms with E-state index in [1.807, 2.05) is 0 Å². The number of esters is 1. The van der Waals surface area contributed by atoms with Crippen molar-refractivity contribution in [1.82, 2.24) is 5.32 Å². The molecule has 0 radical (unpaired) electrons. The van der Waals surface area contributed by atoms with Crippen LogP contribution in [0.2, 0.25) is 0 Å². The summed E-state index contributed by atoms with van der Waals surface area (Å²) in [7, 11) is 1.22. The molecule has 0 bridgehead atoms. The average Bonchev–Trinajstić information content (AvgIpc) is 2.10. The minimum atomic E-state index is -0.710. The number of methoxy groups -OCH3 is 1. The van der Waals surface area contributed by atoms with E-state index in [0.717, 1.165) is 0 Å². The highest BCUT2D eigenvalue weighted by atomic mass is 79.9. The summed E-state index contributed by atoms with van der Waals surface area (Å²) < 4.78 is 9.37. The molecule has 0 fully saturated rings. The van der Waals surface area contributed by atoms with Crippen LogP contribution in [0.15, 0.2) is 10.7 Å². The molecule has 1 N–H and O–H groups in total.